The molecule has 1 N–H and O–H groups in total. The molecule has 2 atom stereocenters. The SMILES string of the molecule is Cc1nc(-c2nnn(C)c2CC(=O)OCC(C)C)ccc1OC1CCCCC(C(=O)O)C1. The van der Waals surface area contributed by atoms with Crippen molar-refractivity contribution < 1.29 is 24.2 Å². The summed E-state index contributed by atoms with van der Waals surface area (Å²) in [6.45, 7) is 6.18. The van der Waals surface area contributed by atoms with Crippen molar-refractivity contribution in [3.8, 4) is 17.1 Å². The summed E-state index contributed by atoms with van der Waals surface area (Å²) < 4.78 is 13.0. The number of pyridine rings is 1. The molecule has 2 aromatic heterocycles. The van der Waals surface area contributed by atoms with E-state index in [2.05, 4.69) is 15.3 Å². The molecular weight excluding hydrogens is 412 g/mol. The van der Waals surface area contributed by atoms with Gasteiger partial charge < -0.3 is 14.6 Å². The molecule has 2 heterocycles. The number of aryl methyl sites for hydroxylation is 2. The number of esters is 1. The van der Waals surface area contributed by atoms with Gasteiger partial charge in [0.1, 0.15) is 11.4 Å². The Morgan fingerprint density at radius 2 is 2.00 bits per heavy atom. The molecule has 0 amide bonds. The van der Waals surface area contributed by atoms with Crippen LogP contribution in [0.2, 0.25) is 0 Å². The quantitative estimate of drug-likeness (QED) is 0.487. The Balaban J connectivity index is 1.74. The fourth-order valence-electron chi connectivity index (χ4n) is 3.85. The van der Waals surface area contributed by atoms with Crippen LogP contribution < -0.4 is 4.74 Å². The van der Waals surface area contributed by atoms with Crippen molar-refractivity contribution >= 4 is 11.9 Å². The largest absolute Gasteiger partial charge is 0.489 e. The second kappa shape index (κ2) is 10.6. The zero-order valence-corrected chi connectivity index (χ0v) is 19.2. The number of rotatable bonds is 8. The summed E-state index contributed by atoms with van der Waals surface area (Å²) in [6, 6.07) is 3.62. The van der Waals surface area contributed by atoms with Crippen molar-refractivity contribution in [2.75, 3.05) is 6.61 Å². The zero-order valence-electron chi connectivity index (χ0n) is 19.2. The lowest BCUT2D eigenvalue weighted by molar-refractivity contribution is -0.144. The maximum atomic E-state index is 12.2. The molecule has 0 aliphatic heterocycles. The fraction of sp³-hybridized carbons (Fsp3) is 0.609. The molecule has 3 rings (SSSR count). The molecule has 0 radical (unpaired) electrons. The van der Waals surface area contributed by atoms with Crippen molar-refractivity contribution in [3.63, 3.8) is 0 Å². The molecule has 174 valence electrons. The van der Waals surface area contributed by atoms with E-state index in [1.807, 2.05) is 26.8 Å². The number of carboxylic acid groups (broad SMARTS) is 1. The Morgan fingerprint density at radius 3 is 2.69 bits per heavy atom. The van der Waals surface area contributed by atoms with Gasteiger partial charge in [-0.05, 0) is 50.7 Å². The van der Waals surface area contributed by atoms with Crippen molar-refractivity contribution in [2.45, 2.75) is 65.4 Å². The van der Waals surface area contributed by atoms with Gasteiger partial charge in [-0.3, -0.25) is 14.3 Å². The maximum Gasteiger partial charge on any atom is 0.311 e. The van der Waals surface area contributed by atoms with E-state index >= 15 is 0 Å². The third-order valence-corrected chi connectivity index (χ3v) is 5.63. The lowest BCUT2D eigenvalue weighted by Crippen LogP contribution is -2.23. The first kappa shape index (κ1) is 23.7. The van der Waals surface area contributed by atoms with Gasteiger partial charge >= 0.3 is 11.9 Å². The van der Waals surface area contributed by atoms with Gasteiger partial charge in [0.2, 0.25) is 0 Å². The Morgan fingerprint density at radius 1 is 1.25 bits per heavy atom. The van der Waals surface area contributed by atoms with Crippen LogP contribution in [0.5, 0.6) is 5.75 Å². The van der Waals surface area contributed by atoms with E-state index in [1.54, 1.807) is 17.8 Å². The third kappa shape index (κ3) is 6.05. The summed E-state index contributed by atoms with van der Waals surface area (Å²) >= 11 is 0. The fourth-order valence-corrected chi connectivity index (χ4v) is 3.85. The highest BCUT2D eigenvalue weighted by Gasteiger charge is 2.27. The maximum absolute atomic E-state index is 12.2. The Labute approximate surface area is 188 Å². The number of ether oxygens (including phenoxy) is 2. The van der Waals surface area contributed by atoms with E-state index in [1.165, 1.54) is 0 Å². The first-order valence-electron chi connectivity index (χ1n) is 11.2. The van der Waals surface area contributed by atoms with E-state index in [9.17, 15) is 14.7 Å². The van der Waals surface area contributed by atoms with Gasteiger partial charge in [-0.25, -0.2) is 4.98 Å². The molecule has 32 heavy (non-hydrogen) atoms. The summed E-state index contributed by atoms with van der Waals surface area (Å²) in [5.74, 6) is -0.561. The number of hydrogen-bond donors (Lipinski definition) is 1. The van der Waals surface area contributed by atoms with Gasteiger partial charge in [0.25, 0.3) is 0 Å². The molecular formula is C23H32N4O5. The molecule has 2 unspecified atom stereocenters. The van der Waals surface area contributed by atoms with E-state index in [-0.39, 0.29) is 30.3 Å². The second-order valence-corrected chi connectivity index (χ2v) is 8.84. The molecule has 0 saturated heterocycles. The predicted octanol–water partition coefficient (Wildman–Crippen LogP) is 3.34. The van der Waals surface area contributed by atoms with Crippen LogP contribution >= 0.6 is 0 Å². The molecule has 0 spiro atoms. The lowest BCUT2D eigenvalue weighted by atomic mass is 9.99. The first-order chi connectivity index (χ1) is 15.2. The van der Waals surface area contributed by atoms with E-state index < -0.39 is 5.97 Å². The standard InChI is InChI=1S/C23H32N4O5/c1-14(2)13-31-21(28)12-19-22(25-26-27(19)4)18-9-10-20(15(3)24-18)32-17-8-6-5-7-16(11-17)23(29)30/h9-10,14,16-17H,5-8,11-13H2,1-4H3,(H,29,30). The summed E-state index contributed by atoms with van der Waals surface area (Å²) in [5, 5.41) is 17.7. The molecule has 1 fully saturated rings. The van der Waals surface area contributed by atoms with E-state index in [0.717, 1.165) is 19.3 Å². The highest BCUT2D eigenvalue weighted by Crippen LogP contribution is 2.30. The molecule has 1 aliphatic rings. The first-order valence-corrected chi connectivity index (χ1v) is 11.2. The normalized spacial score (nSPS) is 18.9. The second-order valence-electron chi connectivity index (χ2n) is 8.84. The summed E-state index contributed by atoms with van der Waals surface area (Å²) in [6.07, 6.45) is 3.80. The Bertz CT molecular complexity index is 956. The number of nitrogens with zero attached hydrogens (tertiary/aromatic N) is 4. The topological polar surface area (TPSA) is 116 Å². The third-order valence-electron chi connectivity index (χ3n) is 5.63. The highest BCUT2D eigenvalue weighted by molar-refractivity contribution is 5.75. The van der Waals surface area contributed by atoms with E-state index in [0.29, 0.717) is 48.0 Å². The minimum absolute atomic E-state index is 0.0587. The minimum atomic E-state index is -0.757. The number of aliphatic carboxylic acids is 1. The molecule has 1 saturated carbocycles. The molecule has 9 heteroatoms. The van der Waals surface area contributed by atoms with Gasteiger partial charge in [0.05, 0.1) is 42.1 Å². The van der Waals surface area contributed by atoms with Crippen molar-refractivity contribution in [1.29, 1.82) is 0 Å². The number of carboxylic acids is 1. The average molecular weight is 445 g/mol. The van der Waals surface area contributed by atoms with Gasteiger partial charge in [-0.15, -0.1) is 5.10 Å². The molecule has 0 aromatic carbocycles. The van der Waals surface area contributed by atoms with Crippen LogP contribution in [0.25, 0.3) is 11.4 Å². The van der Waals surface area contributed by atoms with Crippen LogP contribution in [-0.4, -0.2) is 49.7 Å². The number of aromatic nitrogens is 4. The van der Waals surface area contributed by atoms with Crippen LogP contribution in [0.1, 0.15) is 57.3 Å². The molecule has 0 bridgehead atoms. The van der Waals surface area contributed by atoms with Crippen LogP contribution in [0, 0.1) is 18.8 Å². The minimum Gasteiger partial charge on any atom is -0.489 e. The summed E-state index contributed by atoms with van der Waals surface area (Å²) in [7, 11) is 1.73. The van der Waals surface area contributed by atoms with Gasteiger partial charge in [0.15, 0.2) is 0 Å². The highest BCUT2D eigenvalue weighted by atomic mass is 16.5. The van der Waals surface area contributed by atoms with Crippen molar-refractivity contribution in [1.82, 2.24) is 20.0 Å². The van der Waals surface area contributed by atoms with Gasteiger partial charge in [0, 0.05) is 7.05 Å². The average Bonchev–Trinajstić information content (AvgIpc) is 2.94. The molecule has 9 nitrogen and oxygen atoms in total. The number of hydrogen-bond acceptors (Lipinski definition) is 7. The van der Waals surface area contributed by atoms with Crippen LogP contribution in [0.3, 0.4) is 0 Å². The Hall–Kier alpha value is -2.97. The predicted molar refractivity (Wildman–Crippen MR) is 117 cm³/mol. The smallest absolute Gasteiger partial charge is 0.311 e. The number of carbonyl (C=O) groups is 2. The van der Waals surface area contributed by atoms with Crippen molar-refractivity contribution in [2.24, 2.45) is 18.9 Å². The number of carbonyl (C=O) groups excluding carboxylic acids is 1. The van der Waals surface area contributed by atoms with Crippen LogP contribution in [0.4, 0.5) is 0 Å². The molecule has 2 aromatic rings. The van der Waals surface area contributed by atoms with Gasteiger partial charge in [-0.2, -0.15) is 0 Å². The lowest BCUT2D eigenvalue weighted by Gasteiger charge is -2.20. The molecule has 1 aliphatic carbocycles. The summed E-state index contributed by atoms with van der Waals surface area (Å²) in [5.41, 5.74) is 2.44. The Kier molecular flexibility index (Phi) is 7.82. The van der Waals surface area contributed by atoms with Gasteiger partial charge in [-0.1, -0.05) is 25.5 Å². The zero-order chi connectivity index (χ0) is 23.3. The summed E-state index contributed by atoms with van der Waals surface area (Å²) in [4.78, 5) is 28.3. The van der Waals surface area contributed by atoms with Crippen molar-refractivity contribution in [3.05, 3.63) is 23.5 Å². The van der Waals surface area contributed by atoms with E-state index in [4.69, 9.17) is 9.47 Å². The van der Waals surface area contributed by atoms with Crippen LogP contribution in [0.15, 0.2) is 12.1 Å². The van der Waals surface area contributed by atoms with Crippen LogP contribution in [-0.2, 0) is 27.8 Å². The monoisotopic (exact) mass is 444 g/mol.